The molecule has 0 bridgehead atoms. The lowest BCUT2D eigenvalue weighted by molar-refractivity contribution is 0.416. The summed E-state index contributed by atoms with van der Waals surface area (Å²) in [5.41, 5.74) is 2.34. The Kier molecular flexibility index (Phi) is 4.78. The largest absolute Gasteiger partial charge is 0.494 e. The van der Waals surface area contributed by atoms with Crippen LogP contribution in [0.1, 0.15) is 5.76 Å². The lowest BCUT2D eigenvalue weighted by atomic mass is 10.2. The number of methoxy groups -OCH3 is 1. The van der Waals surface area contributed by atoms with Crippen molar-refractivity contribution in [2.24, 2.45) is 10.1 Å². The van der Waals surface area contributed by atoms with Crippen LogP contribution in [-0.2, 0) is 0 Å². The molecule has 0 atom stereocenters. The minimum Gasteiger partial charge on any atom is -0.494 e. The van der Waals surface area contributed by atoms with Gasteiger partial charge in [0.2, 0.25) is 4.80 Å². The molecule has 3 aromatic heterocycles. The molecule has 0 aliphatic rings. The van der Waals surface area contributed by atoms with E-state index in [-0.39, 0.29) is 0 Å². The minimum absolute atomic E-state index is 0.646. The molecule has 7 heteroatoms. The molecule has 0 unspecified atom stereocenters. The summed E-state index contributed by atoms with van der Waals surface area (Å²) in [5, 5.41) is 7.63. The molecule has 0 N–H and O–H groups in total. The quantitative estimate of drug-likeness (QED) is 0.347. The van der Waals surface area contributed by atoms with E-state index in [9.17, 15) is 0 Å². The summed E-state index contributed by atoms with van der Waals surface area (Å²) in [7, 11) is 1.63. The lowest BCUT2D eigenvalue weighted by Gasteiger charge is -2.03. The van der Waals surface area contributed by atoms with Crippen LogP contribution in [0.4, 0.5) is 5.69 Å². The number of para-hydroxylation sites is 3. The standard InChI is InChI=1S/C23H17N3O3S/c1-27-21-11-5-3-9-18(21)25-23-26(24-14-17-8-6-12-28-17)19(15-30-23)22-13-16-7-2-4-10-20(16)29-22/h2-15H,1H3. The number of fused-ring (bicyclic) bond motifs is 1. The highest BCUT2D eigenvalue weighted by atomic mass is 32.1. The van der Waals surface area contributed by atoms with Crippen molar-refractivity contribution in [3.8, 4) is 17.2 Å². The molecule has 5 rings (SSSR count). The van der Waals surface area contributed by atoms with Gasteiger partial charge in [-0.05, 0) is 36.4 Å². The van der Waals surface area contributed by atoms with Crippen molar-refractivity contribution in [3.63, 3.8) is 0 Å². The van der Waals surface area contributed by atoms with Crippen molar-refractivity contribution in [2.45, 2.75) is 0 Å². The number of aromatic nitrogens is 1. The van der Waals surface area contributed by atoms with Gasteiger partial charge in [0.15, 0.2) is 5.76 Å². The summed E-state index contributed by atoms with van der Waals surface area (Å²) in [4.78, 5) is 5.46. The second-order valence-corrected chi connectivity index (χ2v) is 7.24. The van der Waals surface area contributed by atoms with E-state index in [1.807, 2.05) is 72.1 Å². The Morgan fingerprint density at radius 3 is 2.73 bits per heavy atom. The van der Waals surface area contributed by atoms with Crippen molar-refractivity contribution in [1.82, 2.24) is 4.68 Å². The minimum atomic E-state index is 0.646. The Balaban J connectivity index is 1.68. The van der Waals surface area contributed by atoms with Crippen LogP contribution >= 0.6 is 11.3 Å². The molecule has 30 heavy (non-hydrogen) atoms. The molecule has 148 valence electrons. The Labute approximate surface area is 176 Å². The summed E-state index contributed by atoms with van der Waals surface area (Å²) in [6.45, 7) is 0. The van der Waals surface area contributed by atoms with Crippen molar-refractivity contribution in [2.75, 3.05) is 7.11 Å². The number of rotatable bonds is 5. The molecule has 2 aromatic carbocycles. The van der Waals surface area contributed by atoms with E-state index in [0.29, 0.717) is 22.1 Å². The lowest BCUT2D eigenvalue weighted by Crippen LogP contribution is -2.11. The van der Waals surface area contributed by atoms with Crippen LogP contribution in [0.25, 0.3) is 22.4 Å². The number of hydrogen-bond acceptors (Lipinski definition) is 6. The van der Waals surface area contributed by atoms with Gasteiger partial charge < -0.3 is 13.6 Å². The van der Waals surface area contributed by atoms with Crippen LogP contribution in [-0.4, -0.2) is 18.0 Å². The first kappa shape index (κ1) is 18.2. The third-order valence-corrected chi connectivity index (χ3v) is 5.32. The molecule has 0 spiro atoms. The van der Waals surface area contributed by atoms with Crippen molar-refractivity contribution in [1.29, 1.82) is 0 Å². The summed E-state index contributed by atoms with van der Waals surface area (Å²) < 4.78 is 18.6. The van der Waals surface area contributed by atoms with Crippen LogP contribution in [0.5, 0.6) is 5.75 Å². The van der Waals surface area contributed by atoms with Gasteiger partial charge in [0, 0.05) is 10.8 Å². The van der Waals surface area contributed by atoms with Crippen LogP contribution < -0.4 is 9.54 Å². The predicted octanol–water partition coefficient (Wildman–Crippen LogP) is 5.68. The first-order chi connectivity index (χ1) is 14.8. The second kappa shape index (κ2) is 7.88. The zero-order valence-electron chi connectivity index (χ0n) is 16.1. The third kappa shape index (κ3) is 3.46. The Hall–Kier alpha value is -3.84. The molecular weight excluding hydrogens is 398 g/mol. The number of nitrogens with zero attached hydrogens (tertiary/aromatic N) is 3. The maximum atomic E-state index is 6.06. The van der Waals surface area contributed by atoms with Gasteiger partial charge in [-0.3, -0.25) is 0 Å². The van der Waals surface area contributed by atoms with Gasteiger partial charge in [-0.25, -0.2) is 9.67 Å². The molecule has 0 aliphatic heterocycles. The maximum Gasteiger partial charge on any atom is 0.211 e. The van der Waals surface area contributed by atoms with Crippen molar-refractivity contribution in [3.05, 3.63) is 88.9 Å². The molecular formula is C23H17N3O3S. The molecule has 0 radical (unpaired) electrons. The molecule has 6 nitrogen and oxygen atoms in total. The number of thiazole rings is 1. The van der Waals surface area contributed by atoms with Gasteiger partial charge in [-0.1, -0.05) is 30.3 Å². The zero-order chi connectivity index (χ0) is 20.3. The van der Waals surface area contributed by atoms with Gasteiger partial charge in [0.1, 0.15) is 28.5 Å². The topological polar surface area (TPSA) is 65.2 Å². The SMILES string of the molecule is COc1ccccc1N=c1scc(-c2cc3ccccc3o2)n1N=Cc1ccco1. The van der Waals surface area contributed by atoms with E-state index in [1.165, 1.54) is 11.3 Å². The number of benzene rings is 2. The highest BCUT2D eigenvalue weighted by Crippen LogP contribution is 2.29. The Bertz CT molecular complexity index is 1360. The fourth-order valence-corrected chi connectivity index (χ4v) is 3.90. The van der Waals surface area contributed by atoms with Crippen LogP contribution in [0.15, 0.2) is 97.3 Å². The first-order valence-electron chi connectivity index (χ1n) is 9.27. The Morgan fingerprint density at radius 2 is 1.90 bits per heavy atom. The Morgan fingerprint density at radius 1 is 1.03 bits per heavy atom. The highest BCUT2D eigenvalue weighted by Gasteiger charge is 2.13. The maximum absolute atomic E-state index is 6.06. The van der Waals surface area contributed by atoms with Crippen molar-refractivity contribution < 1.29 is 13.6 Å². The van der Waals surface area contributed by atoms with E-state index in [1.54, 1.807) is 24.3 Å². The zero-order valence-corrected chi connectivity index (χ0v) is 16.9. The smallest absolute Gasteiger partial charge is 0.211 e. The fraction of sp³-hybridized carbons (Fsp3) is 0.0435. The van der Waals surface area contributed by atoms with Gasteiger partial charge in [0.25, 0.3) is 0 Å². The molecule has 0 amide bonds. The molecule has 5 aromatic rings. The normalized spacial score (nSPS) is 12.2. The summed E-state index contributed by atoms with van der Waals surface area (Å²) >= 11 is 1.47. The third-order valence-electron chi connectivity index (χ3n) is 4.51. The van der Waals surface area contributed by atoms with Gasteiger partial charge >= 0.3 is 0 Å². The molecule has 0 saturated carbocycles. The summed E-state index contributed by atoms with van der Waals surface area (Å²) in [5.74, 6) is 2.05. The van der Waals surface area contributed by atoms with E-state index < -0.39 is 0 Å². The average molecular weight is 415 g/mol. The van der Waals surface area contributed by atoms with Gasteiger partial charge in [-0.2, -0.15) is 5.10 Å². The second-order valence-electron chi connectivity index (χ2n) is 6.41. The van der Waals surface area contributed by atoms with Gasteiger partial charge in [-0.15, -0.1) is 11.3 Å². The van der Waals surface area contributed by atoms with E-state index in [0.717, 1.165) is 22.4 Å². The summed E-state index contributed by atoms with van der Waals surface area (Å²) in [6.07, 6.45) is 3.26. The van der Waals surface area contributed by atoms with E-state index in [4.69, 9.17) is 18.6 Å². The number of hydrogen-bond donors (Lipinski definition) is 0. The first-order valence-corrected chi connectivity index (χ1v) is 10.1. The number of furan rings is 2. The molecule has 0 fully saturated rings. The average Bonchev–Trinajstić information content (AvgIpc) is 3.52. The molecule has 0 aliphatic carbocycles. The summed E-state index contributed by atoms with van der Waals surface area (Å²) in [6, 6.07) is 21.2. The molecule has 0 saturated heterocycles. The molecule has 3 heterocycles. The van der Waals surface area contributed by atoms with Crippen LogP contribution in [0, 0.1) is 0 Å². The van der Waals surface area contributed by atoms with Crippen LogP contribution in [0.3, 0.4) is 0 Å². The van der Waals surface area contributed by atoms with Crippen LogP contribution in [0.2, 0.25) is 0 Å². The highest BCUT2D eigenvalue weighted by molar-refractivity contribution is 7.07. The van der Waals surface area contributed by atoms with E-state index >= 15 is 0 Å². The number of ether oxygens (including phenoxy) is 1. The van der Waals surface area contributed by atoms with Crippen molar-refractivity contribution >= 4 is 34.2 Å². The van der Waals surface area contributed by atoms with E-state index in [2.05, 4.69) is 5.10 Å². The fourth-order valence-electron chi connectivity index (χ4n) is 3.07. The monoisotopic (exact) mass is 415 g/mol. The predicted molar refractivity (Wildman–Crippen MR) is 117 cm³/mol. The van der Waals surface area contributed by atoms with Gasteiger partial charge in [0.05, 0.1) is 19.6 Å².